The Labute approximate surface area is 131 Å². The Balaban J connectivity index is 2.07. The van der Waals surface area contributed by atoms with Crippen molar-refractivity contribution < 1.29 is 5.11 Å². The Kier molecular flexibility index (Phi) is 2.33. The largest absolute Gasteiger partial charge is 0.506 e. The van der Waals surface area contributed by atoms with Crippen molar-refractivity contribution in [3.8, 4) is 5.75 Å². The number of hydrogen-bond acceptors (Lipinski definition) is 3. The first-order chi connectivity index (χ1) is 10.8. The van der Waals surface area contributed by atoms with Gasteiger partial charge in [-0.25, -0.2) is 4.99 Å². The van der Waals surface area contributed by atoms with Crippen molar-refractivity contribution in [2.24, 2.45) is 4.99 Å². The summed E-state index contributed by atoms with van der Waals surface area (Å²) < 4.78 is 0. The second-order valence-electron chi connectivity index (χ2n) is 5.42. The van der Waals surface area contributed by atoms with Crippen LogP contribution in [0.1, 0.15) is 0 Å². The molecule has 22 heavy (non-hydrogen) atoms. The molecule has 0 fully saturated rings. The summed E-state index contributed by atoms with van der Waals surface area (Å²) in [5.74, 6) is 0.336. The fourth-order valence-electron chi connectivity index (χ4n) is 3.17. The molecule has 0 saturated heterocycles. The van der Waals surface area contributed by atoms with Gasteiger partial charge in [0.1, 0.15) is 5.75 Å². The Morgan fingerprint density at radius 3 is 2.45 bits per heavy atom. The molecule has 0 radical (unpaired) electrons. The van der Waals surface area contributed by atoms with E-state index >= 15 is 0 Å². The number of benzene rings is 4. The molecule has 1 aliphatic heterocycles. The van der Waals surface area contributed by atoms with E-state index in [0.29, 0.717) is 5.75 Å². The van der Waals surface area contributed by atoms with Gasteiger partial charge >= 0.3 is 0 Å². The summed E-state index contributed by atoms with van der Waals surface area (Å²) in [6, 6.07) is 20.3. The van der Waals surface area contributed by atoms with Crippen LogP contribution in [0.25, 0.3) is 21.5 Å². The lowest BCUT2D eigenvalue weighted by atomic mass is 9.99. The van der Waals surface area contributed by atoms with E-state index in [1.807, 2.05) is 36.4 Å². The van der Waals surface area contributed by atoms with Gasteiger partial charge in [0.2, 0.25) is 0 Å². The van der Waals surface area contributed by atoms with Crippen molar-refractivity contribution >= 4 is 39.0 Å². The predicted octanol–water partition coefficient (Wildman–Crippen LogP) is 4.83. The fraction of sp³-hybridized carbons (Fsp3) is 0. The number of fused-ring (bicyclic) bond motifs is 3. The van der Waals surface area contributed by atoms with Crippen molar-refractivity contribution in [3.63, 3.8) is 0 Å². The van der Waals surface area contributed by atoms with Crippen molar-refractivity contribution in [3.05, 3.63) is 66.0 Å². The molecule has 0 bridgehead atoms. The van der Waals surface area contributed by atoms with Gasteiger partial charge < -0.3 is 5.11 Å². The Morgan fingerprint density at radius 1 is 0.818 bits per heavy atom. The van der Waals surface area contributed by atoms with Gasteiger partial charge in [-0.1, -0.05) is 60.3 Å². The second kappa shape index (κ2) is 4.24. The van der Waals surface area contributed by atoms with E-state index in [1.165, 1.54) is 0 Å². The van der Waals surface area contributed by atoms with Gasteiger partial charge in [-0.15, -0.1) is 0 Å². The zero-order valence-electron chi connectivity index (χ0n) is 11.6. The number of aromatic hydroxyl groups is 1. The molecule has 0 aromatic heterocycles. The summed E-state index contributed by atoms with van der Waals surface area (Å²) in [4.78, 5) is 6.75. The van der Waals surface area contributed by atoms with Crippen molar-refractivity contribution in [1.29, 1.82) is 0 Å². The first-order valence-corrected chi connectivity index (χ1v) is 7.96. The number of para-hydroxylation sites is 1. The van der Waals surface area contributed by atoms with Crippen LogP contribution in [0.15, 0.2) is 75.4 Å². The summed E-state index contributed by atoms with van der Waals surface area (Å²) in [7, 11) is 0. The summed E-state index contributed by atoms with van der Waals surface area (Å²) >= 11 is 1.60. The normalized spacial score (nSPS) is 12.9. The molecule has 4 aromatic carbocycles. The van der Waals surface area contributed by atoms with Crippen LogP contribution in [0.2, 0.25) is 0 Å². The van der Waals surface area contributed by atoms with Gasteiger partial charge in [0.25, 0.3) is 0 Å². The first kappa shape index (κ1) is 12.1. The Hall–Kier alpha value is -2.52. The average molecular weight is 301 g/mol. The van der Waals surface area contributed by atoms with Crippen LogP contribution < -0.4 is 5.36 Å². The molecule has 0 amide bonds. The van der Waals surface area contributed by atoms with Gasteiger partial charge in [0, 0.05) is 21.1 Å². The summed E-state index contributed by atoms with van der Waals surface area (Å²) in [5, 5.41) is 15.9. The quantitative estimate of drug-likeness (QED) is 0.444. The Bertz CT molecular complexity index is 1110. The lowest BCUT2D eigenvalue weighted by Gasteiger charge is -2.17. The highest BCUT2D eigenvalue weighted by Crippen LogP contribution is 2.44. The van der Waals surface area contributed by atoms with E-state index in [0.717, 1.165) is 42.4 Å². The van der Waals surface area contributed by atoms with Crippen LogP contribution in [0, 0.1) is 0 Å². The second-order valence-corrected chi connectivity index (χ2v) is 6.47. The monoisotopic (exact) mass is 301 g/mol. The Morgan fingerprint density at radius 2 is 1.59 bits per heavy atom. The van der Waals surface area contributed by atoms with E-state index in [9.17, 15) is 5.11 Å². The molecule has 0 atom stereocenters. The molecule has 0 saturated carbocycles. The molecule has 1 N–H and O–H groups in total. The molecule has 0 unspecified atom stereocenters. The number of nitrogens with zero attached hydrogens (tertiary/aromatic N) is 1. The third-order valence-corrected chi connectivity index (χ3v) is 5.31. The fourth-order valence-corrected chi connectivity index (χ4v) is 4.21. The zero-order valence-corrected chi connectivity index (χ0v) is 12.4. The van der Waals surface area contributed by atoms with Crippen LogP contribution in [-0.2, 0) is 0 Å². The summed E-state index contributed by atoms with van der Waals surface area (Å²) in [6.07, 6.45) is 0. The highest BCUT2D eigenvalue weighted by molar-refractivity contribution is 7.99. The van der Waals surface area contributed by atoms with Gasteiger partial charge in [-0.05, 0) is 17.5 Å². The topological polar surface area (TPSA) is 32.6 Å². The minimum atomic E-state index is 0.336. The third-order valence-electron chi connectivity index (χ3n) is 4.15. The van der Waals surface area contributed by atoms with Crippen LogP contribution in [0.5, 0.6) is 5.75 Å². The molecule has 0 spiro atoms. The highest BCUT2D eigenvalue weighted by Gasteiger charge is 2.20. The van der Waals surface area contributed by atoms with Crippen molar-refractivity contribution in [1.82, 2.24) is 0 Å². The van der Waals surface area contributed by atoms with Crippen LogP contribution in [-0.4, -0.2) is 5.11 Å². The van der Waals surface area contributed by atoms with Crippen molar-refractivity contribution in [2.45, 2.75) is 9.79 Å². The average Bonchev–Trinajstić information content (AvgIpc) is 2.58. The summed E-state index contributed by atoms with van der Waals surface area (Å²) in [5.41, 5.74) is 0.968. The minimum absolute atomic E-state index is 0.336. The van der Waals surface area contributed by atoms with Gasteiger partial charge in [-0.2, -0.15) is 0 Å². The zero-order chi connectivity index (χ0) is 14.7. The van der Waals surface area contributed by atoms with Gasteiger partial charge in [0.15, 0.2) is 0 Å². The number of phenolic OH excluding ortho intramolecular Hbond substituents is 1. The molecular formula is C19H11NOS. The molecular weight excluding hydrogens is 290 g/mol. The number of phenols is 1. The van der Waals surface area contributed by atoms with E-state index < -0.39 is 0 Å². The molecule has 1 aliphatic rings. The molecule has 5 rings (SSSR count). The van der Waals surface area contributed by atoms with Gasteiger partial charge in [-0.3, -0.25) is 0 Å². The lowest BCUT2D eigenvalue weighted by molar-refractivity contribution is 0.468. The first-order valence-electron chi connectivity index (χ1n) is 7.14. The number of rotatable bonds is 0. The van der Waals surface area contributed by atoms with Crippen molar-refractivity contribution in [2.75, 3.05) is 0 Å². The van der Waals surface area contributed by atoms with Crippen LogP contribution in [0.3, 0.4) is 0 Å². The molecule has 4 aromatic rings. The third kappa shape index (κ3) is 1.49. The standard InChI is InChI=1S/C19H11NOS/c21-18-13-8-4-6-11-5-3-7-12(16(11)13)17-19(18)22-15-10-2-1-9-14(15)20-17/h1-10,21H. The van der Waals surface area contributed by atoms with E-state index in [4.69, 9.17) is 4.99 Å². The minimum Gasteiger partial charge on any atom is -0.506 e. The molecule has 0 aliphatic carbocycles. The predicted molar refractivity (Wildman–Crippen MR) is 90.1 cm³/mol. The highest BCUT2D eigenvalue weighted by atomic mass is 32.2. The maximum Gasteiger partial charge on any atom is 0.139 e. The number of hydrogen-bond donors (Lipinski definition) is 1. The molecule has 2 nitrogen and oxygen atoms in total. The SMILES string of the molecule is Oc1c2c(c3cccc4cccc1c43)=Nc1ccccc1S2. The maximum atomic E-state index is 10.8. The molecule has 104 valence electrons. The maximum absolute atomic E-state index is 10.8. The molecule has 1 heterocycles. The van der Waals surface area contributed by atoms with E-state index in [2.05, 4.69) is 24.3 Å². The van der Waals surface area contributed by atoms with E-state index in [1.54, 1.807) is 11.8 Å². The molecule has 3 heteroatoms. The smallest absolute Gasteiger partial charge is 0.139 e. The summed E-state index contributed by atoms with van der Waals surface area (Å²) in [6.45, 7) is 0. The van der Waals surface area contributed by atoms with Crippen LogP contribution >= 0.6 is 11.8 Å². The lowest BCUT2D eigenvalue weighted by Crippen LogP contribution is -2.10. The van der Waals surface area contributed by atoms with Gasteiger partial charge in [0.05, 0.1) is 15.9 Å². The van der Waals surface area contributed by atoms with Crippen LogP contribution in [0.4, 0.5) is 5.69 Å². The van der Waals surface area contributed by atoms with E-state index in [-0.39, 0.29) is 0 Å².